The van der Waals surface area contributed by atoms with Crippen LogP contribution in [0.2, 0.25) is 5.02 Å². The first-order valence-corrected chi connectivity index (χ1v) is 8.06. The van der Waals surface area contributed by atoms with Crippen LogP contribution in [0.4, 0.5) is 5.69 Å². The van der Waals surface area contributed by atoms with Gasteiger partial charge in [0.25, 0.3) is 0 Å². The molecule has 1 fully saturated rings. The van der Waals surface area contributed by atoms with Gasteiger partial charge in [-0.1, -0.05) is 11.6 Å². The summed E-state index contributed by atoms with van der Waals surface area (Å²) in [5.74, 6) is 0.796. The van der Waals surface area contributed by atoms with E-state index in [9.17, 15) is 4.79 Å². The summed E-state index contributed by atoms with van der Waals surface area (Å²) in [5.41, 5.74) is 0.804. The highest BCUT2D eigenvalue weighted by molar-refractivity contribution is 6.30. The smallest absolute Gasteiger partial charge is 0.221 e. The van der Waals surface area contributed by atoms with Gasteiger partial charge in [-0.05, 0) is 44.5 Å². The van der Waals surface area contributed by atoms with Gasteiger partial charge >= 0.3 is 0 Å². The van der Waals surface area contributed by atoms with Gasteiger partial charge in [-0.25, -0.2) is 0 Å². The van der Waals surface area contributed by atoms with Crippen LogP contribution in [0.5, 0.6) is 5.75 Å². The summed E-state index contributed by atoms with van der Waals surface area (Å²) in [6.07, 6.45) is 2.40. The van der Waals surface area contributed by atoms with E-state index in [2.05, 4.69) is 22.9 Å². The summed E-state index contributed by atoms with van der Waals surface area (Å²) >= 11 is 5.98. The Bertz CT molecular complexity index is 517. The summed E-state index contributed by atoms with van der Waals surface area (Å²) in [7, 11) is 1.61. The molecule has 1 aromatic carbocycles. The predicted octanol–water partition coefficient (Wildman–Crippen LogP) is 3.25. The van der Waals surface area contributed by atoms with E-state index >= 15 is 0 Å². The first kappa shape index (κ1) is 23.1. The fourth-order valence-corrected chi connectivity index (χ4v) is 2.86. The number of benzene rings is 1. The SMILES string of the molecule is COc1ccc(Cl)cc1NCCC(=O)NC1CCNC(C)C1.Cl.Cl. The maximum absolute atomic E-state index is 12.0. The molecule has 24 heavy (non-hydrogen) atoms. The minimum atomic E-state index is 0. The molecule has 5 nitrogen and oxygen atoms in total. The van der Waals surface area contributed by atoms with Gasteiger partial charge in [0.2, 0.25) is 5.91 Å². The monoisotopic (exact) mass is 397 g/mol. The van der Waals surface area contributed by atoms with Crippen molar-refractivity contribution in [3.63, 3.8) is 0 Å². The van der Waals surface area contributed by atoms with Gasteiger partial charge in [0.15, 0.2) is 0 Å². The summed E-state index contributed by atoms with van der Waals surface area (Å²) in [6, 6.07) is 6.13. The molecule has 0 aromatic heterocycles. The number of nitrogens with one attached hydrogen (secondary N) is 3. The lowest BCUT2D eigenvalue weighted by Crippen LogP contribution is -2.46. The molecule has 3 N–H and O–H groups in total. The van der Waals surface area contributed by atoms with Gasteiger partial charge in [-0.3, -0.25) is 4.79 Å². The minimum absolute atomic E-state index is 0. The molecule has 1 aliphatic rings. The molecule has 0 aliphatic carbocycles. The van der Waals surface area contributed by atoms with Crippen molar-refractivity contribution in [2.24, 2.45) is 0 Å². The zero-order chi connectivity index (χ0) is 15.9. The van der Waals surface area contributed by atoms with Crippen LogP contribution in [0.1, 0.15) is 26.2 Å². The highest BCUT2D eigenvalue weighted by atomic mass is 35.5. The van der Waals surface area contributed by atoms with Gasteiger partial charge < -0.3 is 20.7 Å². The molecule has 1 saturated heterocycles. The van der Waals surface area contributed by atoms with Crippen molar-refractivity contribution < 1.29 is 9.53 Å². The summed E-state index contributed by atoms with van der Waals surface area (Å²) in [5, 5.41) is 10.3. The zero-order valence-corrected chi connectivity index (χ0v) is 16.3. The number of carbonyl (C=O) groups excluding carboxylic acids is 1. The van der Waals surface area contributed by atoms with Crippen LogP contribution >= 0.6 is 36.4 Å². The molecule has 0 bridgehead atoms. The fourth-order valence-electron chi connectivity index (χ4n) is 2.69. The van der Waals surface area contributed by atoms with Crippen molar-refractivity contribution >= 4 is 48.0 Å². The van der Waals surface area contributed by atoms with E-state index in [0.29, 0.717) is 24.0 Å². The van der Waals surface area contributed by atoms with E-state index < -0.39 is 0 Å². The second kappa shape index (κ2) is 11.6. The fraction of sp³-hybridized carbons (Fsp3) is 0.562. The van der Waals surface area contributed by atoms with Gasteiger partial charge in [0.1, 0.15) is 5.75 Å². The first-order valence-electron chi connectivity index (χ1n) is 7.68. The van der Waals surface area contributed by atoms with E-state index in [-0.39, 0.29) is 36.8 Å². The van der Waals surface area contributed by atoms with E-state index in [1.54, 1.807) is 25.3 Å². The molecule has 0 spiro atoms. The average molecular weight is 399 g/mol. The van der Waals surface area contributed by atoms with Crippen LogP contribution in [-0.4, -0.2) is 38.2 Å². The third-order valence-corrected chi connectivity index (χ3v) is 4.05. The Hall–Kier alpha value is -0.880. The number of hydrogen-bond donors (Lipinski definition) is 3. The predicted molar refractivity (Wildman–Crippen MR) is 104 cm³/mol. The summed E-state index contributed by atoms with van der Waals surface area (Å²) in [4.78, 5) is 12.0. The number of piperidine rings is 1. The number of anilines is 1. The number of methoxy groups -OCH3 is 1. The number of halogens is 3. The molecule has 1 heterocycles. The first-order chi connectivity index (χ1) is 10.6. The quantitative estimate of drug-likeness (QED) is 0.688. The highest BCUT2D eigenvalue weighted by Gasteiger charge is 2.19. The Kier molecular flexibility index (Phi) is 11.2. The van der Waals surface area contributed by atoms with Gasteiger partial charge in [-0.2, -0.15) is 0 Å². The Balaban J connectivity index is 0.00000264. The summed E-state index contributed by atoms with van der Waals surface area (Å²) < 4.78 is 5.26. The number of ether oxygens (including phenoxy) is 1. The van der Waals surface area contributed by atoms with Crippen LogP contribution in [0.15, 0.2) is 18.2 Å². The van der Waals surface area contributed by atoms with E-state index in [1.165, 1.54) is 0 Å². The van der Waals surface area contributed by atoms with Gasteiger partial charge in [0, 0.05) is 30.1 Å². The molecule has 138 valence electrons. The van der Waals surface area contributed by atoms with E-state index in [0.717, 1.165) is 30.8 Å². The summed E-state index contributed by atoms with van der Waals surface area (Å²) in [6.45, 7) is 3.65. The maximum Gasteiger partial charge on any atom is 0.221 e. The Labute approximate surface area is 161 Å². The van der Waals surface area contributed by atoms with Crippen LogP contribution < -0.4 is 20.7 Å². The molecule has 2 rings (SSSR count). The van der Waals surface area contributed by atoms with E-state index in [4.69, 9.17) is 16.3 Å². The normalized spacial score (nSPS) is 19.5. The number of hydrogen-bond acceptors (Lipinski definition) is 4. The number of amides is 1. The van der Waals surface area contributed by atoms with Crippen molar-refractivity contribution in [2.75, 3.05) is 25.5 Å². The Morgan fingerprint density at radius 3 is 2.83 bits per heavy atom. The van der Waals surface area contributed by atoms with Crippen LogP contribution in [-0.2, 0) is 4.79 Å². The largest absolute Gasteiger partial charge is 0.495 e. The van der Waals surface area contributed by atoms with Crippen molar-refractivity contribution in [1.29, 1.82) is 0 Å². The molecule has 0 saturated carbocycles. The molecule has 1 amide bonds. The zero-order valence-electron chi connectivity index (χ0n) is 13.9. The second-order valence-electron chi connectivity index (χ2n) is 5.67. The number of rotatable bonds is 6. The minimum Gasteiger partial charge on any atom is -0.495 e. The number of carbonyl (C=O) groups is 1. The van der Waals surface area contributed by atoms with Crippen molar-refractivity contribution in [2.45, 2.75) is 38.3 Å². The van der Waals surface area contributed by atoms with Crippen LogP contribution in [0.25, 0.3) is 0 Å². The van der Waals surface area contributed by atoms with Crippen molar-refractivity contribution in [1.82, 2.24) is 10.6 Å². The van der Waals surface area contributed by atoms with Crippen LogP contribution in [0, 0.1) is 0 Å². The highest BCUT2D eigenvalue weighted by Crippen LogP contribution is 2.27. The lowest BCUT2D eigenvalue weighted by Gasteiger charge is -2.28. The average Bonchev–Trinajstić information content (AvgIpc) is 2.47. The van der Waals surface area contributed by atoms with E-state index in [1.807, 2.05) is 0 Å². The van der Waals surface area contributed by atoms with Gasteiger partial charge in [-0.15, -0.1) is 24.8 Å². The topological polar surface area (TPSA) is 62.4 Å². The third kappa shape index (κ3) is 7.34. The molecule has 8 heteroatoms. The second-order valence-corrected chi connectivity index (χ2v) is 6.10. The van der Waals surface area contributed by atoms with Crippen molar-refractivity contribution in [3.05, 3.63) is 23.2 Å². The standard InChI is InChI=1S/C16H24ClN3O2.2ClH/c1-11-9-13(5-7-18-11)20-16(21)6-8-19-14-10-12(17)3-4-15(14)22-2;;/h3-4,10-11,13,18-19H,5-9H2,1-2H3,(H,20,21);2*1H. The lowest BCUT2D eigenvalue weighted by atomic mass is 10.0. The molecule has 1 aliphatic heterocycles. The third-order valence-electron chi connectivity index (χ3n) is 3.82. The maximum atomic E-state index is 12.0. The van der Waals surface area contributed by atoms with Crippen molar-refractivity contribution in [3.8, 4) is 5.75 Å². The Morgan fingerprint density at radius 1 is 1.42 bits per heavy atom. The Morgan fingerprint density at radius 2 is 2.17 bits per heavy atom. The molecule has 0 radical (unpaired) electrons. The van der Waals surface area contributed by atoms with Crippen LogP contribution in [0.3, 0.4) is 0 Å². The molecular weight excluding hydrogens is 373 g/mol. The molecular formula is C16H26Cl3N3O2. The molecule has 2 atom stereocenters. The lowest BCUT2D eigenvalue weighted by molar-refractivity contribution is -0.121. The molecule has 2 unspecified atom stereocenters. The molecule has 1 aromatic rings. The van der Waals surface area contributed by atoms with Gasteiger partial charge in [0.05, 0.1) is 12.8 Å².